The second-order valence-corrected chi connectivity index (χ2v) is 2.88. The maximum absolute atomic E-state index is 8.42. The van der Waals surface area contributed by atoms with E-state index in [2.05, 4.69) is 17.0 Å². The lowest BCUT2D eigenvalue weighted by atomic mass is 10.3. The molecule has 5 heteroatoms. The third-order valence-corrected chi connectivity index (χ3v) is 2.25. The number of nitrogens with zero attached hydrogens (tertiary/aromatic N) is 3. The van der Waals surface area contributed by atoms with E-state index < -0.39 is 0 Å². The Morgan fingerprint density at radius 1 is 1.42 bits per heavy atom. The largest absolute Gasteiger partial charge is 0.408 e. The highest BCUT2D eigenvalue weighted by molar-refractivity contribution is 5.77. The number of guanidine groups is 1. The smallest absolute Gasteiger partial charge is 0.233 e. The summed E-state index contributed by atoms with van der Waals surface area (Å²) in [6.45, 7) is 6.90. The van der Waals surface area contributed by atoms with Gasteiger partial charge in [0, 0.05) is 26.2 Å². The molecule has 1 saturated heterocycles. The van der Waals surface area contributed by atoms with Gasteiger partial charge in [-0.3, -0.25) is 0 Å². The molecule has 1 fully saturated rings. The molecule has 1 rings (SSSR count). The van der Waals surface area contributed by atoms with Crippen molar-refractivity contribution in [2.24, 2.45) is 10.9 Å². The van der Waals surface area contributed by atoms with E-state index in [0.717, 1.165) is 32.7 Å². The summed E-state index contributed by atoms with van der Waals surface area (Å²) < 4.78 is 0. The van der Waals surface area contributed by atoms with Crippen LogP contribution in [0.5, 0.6) is 0 Å². The molecule has 0 saturated carbocycles. The summed E-state index contributed by atoms with van der Waals surface area (Å²) in [5, 5.41) is 11.4. The van der Waals surface area contributed by atoms with Gasteiger partial charge in [0.25, 0.3) is 0 Å². The van der Waals surface area contributed by atoms with Crippen LogP contribution in [-0.4, -0.2) is 53.7 Å². The summed E-state index contributed by atoms with van der Waals surface area (Å²) in [5.41, 5.74) is 5.44. The first-order valence-corrected chi connectivity index (χ1v) is 4.22. The van der Waals surface area contributed by atoms with Gasteiger partial charge < -0.3 is 20.7 Å². The summed E-state index contributed by atoms with van der Waals surface area (Å²) >= 11 is 0. The number of nitrogens with two attached hydrogens (primary N) is 1. The van der Waals surface area contributed by atoms with E-state index in [4.69, 9.17) is 10.9 Å². The Morgan fingerprint density at radius 3 is 2.42 bits per heavy atom. The maximum atomic E-state index is 8.42. The summed E-state index contributed by atoms with van der Waals surface area (Å²) in [6.07, 6.45) is 0. The first-order valence-electron chi connectivity index (χ1n) is 4.22. The number of likely N-dealkylation sites (N-methyl/N-ethyl adjacent to an activating group) is 1. The van der Waals surface area contributed by atoms with Gasteiger partial charge >= 0.3 is 0 Å². The quantitative estimate of drug-likeness (QED) is 0.238. The Morgan fingerprint density at radius 2 is 2.00 bits per heavy atom. The topological polar surface area (TPSA) is 65.1 Å². The minimum Gasteiger partial charge on any atom is -0.408 e. The number of hydrogen-bond acceptors (Lipinski definition) is 3. The van der Waals surface area contributed by atoms with Crippen molar-refractivity contribution < 1.29 is 5.21 Å². The van der Waals surface area contributed by atoms with Crippen LogP contribution in [0, 0.1) is 0 Å². The lowest BCUT2D eigenvalue weighted by Gasteiger charge is -2.33. The summed E-state index contributed by atoms with van der Waals surface area (Å²) in [6, 6.07) is 0. The van der Waals surface area contributed by atoms with Crippen molar-refractivity contribution in [1.82, 2.24) is 9.80 Å². The van der Waals surface area contributed by atoms with E-state index in [9.17, 15) is 0 Å². The molecule has 0 unspecified atom stereocenters. The highest BCUT2D eigenvalue weighted by atomic mass is 16.4. The van der Waals surface area contributed by atoms with Crippen LogP contribution >= 0.6 is 0 Å². The Balaban J connectivity index is 2.36. The van der Waals surface area contributed by atoms with Crippen molar-refractivity contribution in [2.45, 2.75) is 6.92 Å². The van der Waals surface area contributed by atoms with Crippen molar-refractivity contribution in [3.05, 3.63) is 0 Å². The third kappa shape index (κ3) is 2.01. The maximum Gasteiger partial charge on any atom is 0.233 e. The molecule has 1 aliphatic rings. The fraction of sp³-hybridized carbons (Fsp3) is 0.857. The molecule has 70 valence electrons. The van der Waals surface area contributed by atoms with E-state index in [0.29, 0.717) is 0 Å². The molecule has 3 N–H and O–H groups in total. The van der Waals surface area contributed by atoms with E-state index in [1.807, 2.05) is 4.90 Å². The van der Waals surface area contributed by atoms with Crippen LogP contribution in [-0.2, 0) is 0 Å². The predicted molar refractivity (Wildman–Crippen MR) is 47.1 cm³/mol. The molecule has 1 aliphatic heterocycles. The first-order chi connectivity index (χ1) is 5.77. The molecule has 0 amide bonds. The van der Waals surface area contributed by atoms with Gasteiger partial charge in [-0.1, -0.05) is 12.1 Å². The van der Waals surface area contributed by atoms with Gasteiger partial charge in [-0.15, -0.1) is 0 Å². The Hall–Kier alpha value is -0.970. The van der Waals surface area contributed by atoms with Crippen molar-refractivity contribution in [3.63, 3.8) is 0 Å². The lowest BCUT2D eigenvalue weighted by Crippen LogP contribution is -2.50. The fourth-order valence-electron chi connectivity index (χ4n) is 1.36. The molecule has 0 aromatic rings. The highest BCUT2D eigenvalue weighted by Gasteiger charge is 2.16. The zero-order valence-electron chi connectivity index (χ0n) is 7.40. The zero-order chi connectivity index (χ0) is 8.97. The molecule has 0 atom stereocenters. The molecule has 1 heterocycles. The van der Waals surface area contributed by atoms with Crippen LogP contribution in [0.1, 0.15) is 6.92 Å². The van der Waals surface area contributed by atoms with Crippen LogP contribution in [0.4, 0.5) is 0 Å². The molecule has 0 spiro atoms. The normalized spacial score (nSPS) is 21.4. The molecule has 0 aliphatic carbocycles. The summed E-state index contributed by atoms with van der Waals surface area (Å²) in [7, 11) is 0. The van der Waals surface area contributed by atoms with Gasteiger partial charge in [0.2, 0.25) is 5.96 Å². The zero-order valence-corrected chi connectivity index (χ0v) is 7.40. The molecule has 5 nitrogen and oxygen atoms in total. The van der Waals surface area contributed by atoms with Crippen molar-refractivity contribution >= 4 is 5.96 Å². The highest BCUT2D eigenvalue weighted by Crippen LogP contribution is 1.99. The number of piperazine rings is 1. The number of rotatable bonds is 1. The number of hydrogen-bond donors (Lipinski definition) is 2. The predicted octanol–water partition coefficient (Wildman–Crippen LogP) is -0.672. The molecule has 0 bridgehead atoms. The van der Waals surface area contributed by atoms with Gasteiger partial charge in [0.1, 0.15) is 0 Å². The van der Waals surface area contributed by atoms with Gasteiger partial charge in [-0.2, -0.15) is 0 Å². The molecule has 0 radical (unpaired) electrons. The van der Waals surface area contributed by atoms with E-state index in [1.165, 1.54) is 0 Å². The van der Waals surface area contributed by atoms with E-state index >= 15 is 0 Å². The Kier molecular flexibility index (Phi) is 3.16. The van der Waals surface area contributed by atoms with E-state index in [1.54, 1.807) is 0 Å². The van der Waals surface area contributed by atoms with E-state index in [-0.39, 0.29) is 5.96 Å². The molecule has 12 heavy (non-hydrogen) atoms. The standard InChI is InChI=1S/C7H16N4O/c1-2-10-3-5-11(6-4-10)7(8)9-12/h12H,2-6H2,1H3,(H2,8,9). The fourth-order valence-corrected chi connectivity index (χ4v) is 1.36. The second kappa shape index (κ2) is 4.15. The monoisotopic (exact) mass is 172 g/mol. The summed E-state index contributed by atoms with van der Waals surface area (Å²) in [4.78, 5) is 4.22. The third-order valence-electron chi connectivity index (χ3n) is 2.25. The second-order valence-electron chi connectivity index (χ2n) is 2.88. The van der Waals surface area contributed by atoms with Gasteiger partial charge in [-0.05, 0) is 6.54 Å². The van der Waals surface area contributed by atoms with Crippen molar-refractivity contribution in [3.8, 4) is 0 Å². The van der Waals surface area contributed by atoms with Crippen LogP contribution in [0.2, 0.25) is 0 Å². The Bertz CT molecular complexity index is 163. The van der Waals surface area contributed by atoms with Crippen LogP contribution < -0.4 is 5.73 Å². The minimum atomic E-state index is 0.228. The van der Waals surface area contributed by atoms with Gasteiger partial charge in [0.15, 0.2) is 0 Å². The molecular formula is C7H16N4O. The van der Waals surface area contributed by atoms with Crippen LogP contribution in [0.15, 0.2) is 5.16 Å². The summed E-state index contributed by atoms with van der Waals surface area (Å²) in [5.74, 6) is 0.228. The average molecular weight is 172 g/mol. The van der Waals surface area contributed by atoms with Crippen LogP contribution in [0.25, 0.3) is 0 Å². The van der Waals surface area contributed by atoms with Gasteiger partial charge in [0.05, 0.1) is 0 Å². The van der Waals surface area contributed by atoms with Crippen molar-refractivity contribution in [2.75, 3.05) is 32.7 Å². The molecule has 0 aromatic carbocycles. The first kappa shape index (κ1) is 9.12. The molecule has 0 aromatic heterocycles. The SMILES string of the molecule is CCN1CCN(/C(N)=N/O)CC1. The number of oxime groups is 1. The average Bonchev–Trinajstić information content (AvgIpc) is 2.17. The van der Waals surface area contributed by atoms with Crippen LogP contribution in [0.3, 0.4) is 0 Å². The van der Waals surface area contributed by atoms with Crippen molar-refractivity contribution in [1.29, 1.82) is 0 Å². The van der Waals surface area contributed by atoms with Gasteiger partial charge in [-0.25, -0.2) is 0 Å². The minimum absolute atomic E-state index is 0.228. The lowest BCUT2D eigenvalue weighted by molar-refractivity contribution is 0.183. The Labute approximate surface area is 72.4 Å². The molecular weight excluding hydrogens is 156 g/mol.